The van der Waals surface area contributed by atoms with Crippen LogP contribution in [0.3, 0.4) is 0 Å². The fourth-order valence-electron chi connectivity index (χ4n) is 8.84. The highest BCUT2D eigenvalue weighted by Crippen LogP contribution is 2.67. The van der Waals surface area contributed by atoms with Gasteiger partial charge in [0.2, 0.25) is 0 Å². The third kappa shape index (κ3) is 3.43. The molecule has 0 bridgehead atoms. The molecule has 0 saturated heterocycles. The van der Waals surface area contributed by atoms with Crippen molar-refractivity contribution in [2.45, 2.75) is 106 Å². The largest absolute Gasteiger partial charge is 0.0846 e. The zero-order chi connectivity index (χ0) is 20.1. The Morgan fingerprint density at radius 3 is 2.32 bits per heavy atom. The summed E-state index contributed by atoms with van der Waals surface area (Å²) in [6, 6.07) is 0. The van der Waals surface area contributed by atoms with Gasteiger partial charge in [0, 0.05) is 0 Å². The second-order valence-corrected chi connectivity index (χ2v) is 12.7. The lowest BCUT2D eigenvalue weighted by Gasteiger charge is -2.59. The van der Waals surface area contributed by atoms with Crippen molar-refractivity contribution in [3.8, 4) is 0 Å². The van der Waals surface area contributed by atoms with Crippen LogP contribution in [-0.2, 0) is 0 Å². The van der Waals surface area contributed by atoms with Gasteiger partial charge in [-0.2, -0.15) is 0 Å². The minimum atomic E-state index is 0.605. The maximum atomic E-state index is 2.75. The van der Waals surface area contributed by atoms with Crippen molar-refractivity contribution < 1.29 is 0 Å². The van der Waals surface area contributed by atoms with Gasteiger partial charge in [-0.3, -0.25) is 0 Å². The van der Waals surface area contributed by atoms with Crippen LogP contribution in [-0.4, -0.2) is 0 Å². The lowest BCUT2D eigenvalue weighted by atomic mass is 9.46. The molecule has 28 heavy (non-hydrogen) atoms. The van der Waals surface area contributed by atoms with Crippen molar-refractivity contribution in [2.75, 3.05) is 0 Å². The lowest BCUT2D eigenvalue weighted by Crippen LogP contribution is -2.51. The van der Waals surface area contributed by atoms with Crippen LogP contribution in [0.5, 0.6) is 0 Å². The summed E-state index contributed by atoms with van der Waals surface area (Å²) in [5.41, 5.74) is 1.22. The first-order chi connectivity index (χ1) is 13.3. The van der Waals surface area contributed by atoms with E-state index in [1.807, 2.05) is 0 Å². The SMILES string of the molecule is CC(C)CCCC(C)[C@@H]1CC[C@@H]2[C@H]3C=CC4CC(C)CC[C@@]4(C)[C@@H]3CC[C@]21C. The van der Waals surface area contributed by atoms with E-state index in [2.05, 4.69) is 53.7 Å². The summed E-state index contributed by atoms with van der Waals surface area (Å²) in [6.07, 6.45) is 20.3. The van der Waals surface area contributed by atoms with Gasteiger partial charge in [0.15, 0.2) is 0 Å². The molecule has 0 aromatic heterocycles. The van der Waals surface area contributed by atoms with Crippen molar-refractivity contribution in [1.29, 1.82) is 0 Å². The average Bonchev–Trinajstić information content (AvgIpc) is 2.99. The first-order valence-corrected chi connectivity index (χ1v) is 12.9. The predicted octanol–water partition coefficient (Wildman–Crippen LogP) is 8.52. The van der Waals surface area contributed by atoms with E-state index in [-0.39, 0.29) is 0 Å². The van der Waals surface area contributed by atoms with Crippen LogP contribution < -0.4 is 0 Å². The molecule has 0 amide bonds. The molecule has 0 nitrogen and oxygen atoms in total. The summed E-state index contributed by atoms with van der Waals surface area (Å²) < 4.78 is 0. The Morgan fingerprint density at radius 1 is 0.857 bits per heavy atom. The number of fused-ring (bicyclic) bond motifs is 5. The minimum absolute atomic E-state index is 0.605. The highest BCUT2D eigenvalue weighted by molar-refractivity contribution is 5.18. The fourth-order valence-corrected chi connectivity index (χ4v) is 8.84. The quantitative estimate of drug-likeness (QED) is 0.417. The Hall–Kier alpha value is -0.260. The summed E-state index contributed by atoms with van der Waals surface area (Å²) in [5, 5.41) is 0. The molecule has 0 radical (unpaired) electrons. The van der Waals surface area contributed by atoms with Crippen molar-refractivity contribution in [3.05, 3.63) is 12.2 Å². The predicted molar refractivity (Wildman–Crippen MR) is 122 cm³/mol. The standard InChI is InChI=1S/C28H48/c1-19(2)8-7-9-21(4)24-12-13-25-23-11-10-22-18-20(3)14-16-27(22,5)26(23)15-17-28(24,25)6/h10-11,19-26H,7-9,12-18H2,1-6H3/t20?,21?,22?,23-,24+,25-,26-,27-,28+/m1/s1. The topological polar surface area (TPSA) is 0 Å². The molecule has 0 aromatic rings. The smallest absolute Gasteiger partial charge is 0.0166 e. The summed E-state index contributed by atoms with van der Waals surface area (Å²) in [4.78, 5) is 0. The van der Waals surface area contributed by atoms with Gasteiger partial charge in [-0.1, -0.05) is 79.4 Å². The molecule has 4 rings (SSSR count). The Morgan fingerprint density at radius 2 is 1.57 bits per heavy atom. The normalized spacial score (nSPS) is 48.8. The molecule has 0 aromatic carbocycles. The van der Waals surface area contributed by atoms with Crippen LogP contribution >= 0.6 is 0 Å². The Balaban J connectivity index is 1.49. The summed E-state index contributed by atoms with van der Waals surface area (Å²) in [5.74, 6) is 7.42. The number of rotatable bonds is 5. The van der Waals surface area contributed by atoms with E-state index in [0.717, 1.165) is 47.3 Å². The summed E-state index contributed by atoms with van der Waals surface area (Å²) >= 11 is 0. The molecule has 9 atom stereocenters. The highest BCUT2D eigenvalue weighted by Gasteiger charge is 2.59. The first kappa shape index (κ1) is 21.0. The van der Waals surface area contributed by atoms with Crippen LogP contribution in [0.25, 0.3) is 0 Å². The number of hydrogen-bond donors (Lipinski definition) is 0. The molecular formula is C28H48. The molecule has 160 valence electrons. The molecule has 0 N–H and O–H groups in total. The third-order valence-corrected chi connectivity index (χ3v) is 10.6. The van der Waals surface area contributed by atoms with E-state index in [9.17, 15) is 0 Å². The van der Waals surface area contributed by atoms with Gasteiger partial charge in [-0.15, -0.1) is 0 Å². The van der Waals surface area contributed by atoms with Crippen LogP contribution in [0, 0.1) is 58.2 Å². The van der Waals surface area contributed by atoms with Crippen LogP contribution in [0.2, 0.25) is 0 Å². The van der Waals surface area contributed by atoms with E-state index in [1.165, 1.54) is 64.2 Å². The molecule has 0 aliphatic heterocycles. The van der Waals surface area contributed by atoms with Gasteiger partial charge in [-0.25, -0.2) is 0 Å². The highest BCUT2D eigenvalue weighted by atomic mass is 14.6. The Bertz CT molecular complexity index is 573. The summed E-state index contributed by atoms with van der Waals surface area (Å²) in [6.45, 7) is 15.3. The van der Waals surface area contributed by atoms with E-state index in [1.54, 1.807) is 0 Å². The molecule has 4 aliphatic rings. The van der Waals surface area contributed by atoms with Crippen LogP contribution in [0.4, 0.5) is 0 Å². The molecule has 0 spiro atoms. The van der Waals surface area contributed by atoms with Gasteiger partial charge >= 0.3 is 0 Å². The van der Waals surface area contributed by atoms with Gasteiger partial charge in [-0.05, 0) is 96.7 Å². The zero-order valence-electron chi connectivity index (χ0n) is 19.8. The van der Waals surface area contributed by atoms with Crippen molar-refractivity contribution in [2.24, 2.45) is 58.2 Å². The molecule has 3 saturated carbocycles. The molecule has 0 heterocycles. The second-order valence-electron chi connectivity index (χ2n) is 12.7. The Kier molecular flexibility index (Phi) is 5.83. The number of hydrogen-bond acceptors (Lipinski definition) is 0. The maximum absolute atomic E-state index is 2.75. The zero-order valence-corrected chi connectivity index (χ0v) is 19.8. The van der Waals surface area contributed by atoms with Crippen LogP contribution in [0.15, 0.2) is 12.2 Å². The van der Waals surface area contributed by atoms with E-state index < -0.39 is 0 Å². The monoisotopic (exact) mass is 384 g/mol. The fraction of sp³-hybridized carbons (Fsp3) is 0.929. The molecule has 0 heteroatoms. The van der Waals surface area contributed by atoms with Crippen molar-refractivity contribution >= 4 is 0 Å². The average molecular weight is 385 g/mol. The molecule has 4 aliphatic carbocycles. The second kappa shape index (κ2) is 7.77. The molecule has 3 fully saturated rings. The minimum Gasteiger partial charge on any atom is -0.0846 e. The summed E-state index contributed by atoms with van der Waals surface area (Å²) in [7, 11) is 0. The van der Waals surface area contributed by atoms with Crippen LogP contribution in [0.1, 0.15) is 106 Å². The van der Waals surface area contributed by atoms with E-state index in [4.69, 9.17) is 0 Å². The maximum Gasteiger partial charge on any atom is -0.0166 e. The van der Waals surface area contributed by atoms with Gasteiger partial charge in [0.25, 0.3) is 0 Å². The van der Waals surface area contributed by atoms with Gasteiger partial charge in [0.05, 0.1) is 0 Å². The van der Waals surface area contributed by atoms with Crippen molar-refractivity contribution in [1.82, 2.24) is 0 Å². The Labute approximate surface area is 176 Å². The van der Waals surface area contributed by atoms with E-state index in [0.29, 0.717) is 10.8 Å². The molecular weight excluding hydrogens is 336 g/mol. The molecule has 3 unspecified atom stereocenters. The van der Waals surface area contributed by atoms with Gasteiger partial charge < -0.3 is 0 Å². The number of allylic oxidation sites excluding steroid dienone is 2. The first-order valence-electron chi connectivity index (χ1n) is 12.9. The van der Waals surface area contributed by atoms with Crippen molar-refractivity contribution in [3.63, 3.8) is 0 Å². The lowest BCUT2D eigenvalue weighted by molar-refractivity contribution is -0.0701. The van der Waals surface area contributed by atoms with Gasteiger partial charge in [0.1, 0.15) is 0 Å². The van der Waals surface area contributed by atoms with E-state index >= 15 is 0 Å². The third-order valence-electron chi connectivity index (χ3n) is 10.6.